The molecule has 6 nitrogen and oxygen atoms in total. The highest BCUT2D eigenvalue weighted by Crippen LogP contribution is 2.31. The summed E-state index contributed by atoms with van der Waals surface area (Å²) in [7, 11) is 0. The van der Waals surface area contributed by atoms with Gasteiger partial charge in [0.15, 0.2) is 0 Å². The van der Waals surface area contributed by atoms with Crippen molar-refractivity contribution in [1.29, 1.82) is 0 Å². The van der Waals surface area contributed by atoms with Crippen LogP contribution in [-0.2, 0) is 9.47 Å². The predicted octanol–water partition coefficient (Wildman–Crippen LogP) is 2.76. The summed E-state index contributed by atoms with van der Waals surface area (Å²) in [6.07, 6.45) is 2.89. The minimum absolute atomic E-state index is 0.174. The summed E-state index contributed by atoms with van der Waals surface area (Å²) in [6.45, 7) is 3.68. The highest BCUT2D eigenvalue weighted by atomic mass is 19.1. The Kier molecular flexibility index (Phi) is 5.07. The van der Waals surface area contributed by atoms with E-state index in [0.717, 1.165) is 45.1 Å². The summed E-state index contributed by atoms with van der Waals surface area (Å²) in [5, 5.41) is 11.1. The largest absolute Gasteiger partial charge is 0.381 e. The van der Waals surface area contributed by atoms with Crippen molar-refractivity contribution in [3.63, 3.8) is 0 Å². The summed E-state index contributed by atoms with van der Waals surface area (Å²) < 4.78 is 24.5. The quantitative estimate of drug-likeness (QED) is 0.615. The molecular weight excluding hydrogens is 303 g/mol. The maximum Gasteiger partial charge on any atom is 0.295 e. The van der Waals surface area contributed by atoms with Gasteiger partial charge >= 0.3 is 0 Å². The first-order chi connectivity index (χ1) is 11.1. The second kappa shape index (κ2) is 7.23. The Labute approximate surface area is 134 Å². The zero-order valence-electron chi connectivity index (χ0n) is 12.9. The first-order valence-corrected chi connectivity index (χ1v) is 8.01. The molecule has 0 N–H and O–H groups in total. The van der Waals surface area contributed by atoms with E-state index in [0.29, 0.717) is 24.7 Å². The van der Waals surface area contributed by atoms with E-state index in [-0.39, 0.29) is 11.8 Å². The minimum atomic E-state index is -0.586. The molecule has 126 valence electrons. The lowest BCUT2D eigenvalue weighted by Crippen LogP contribution is -2.38. The van der Waals surface area contributed by atoms with Gasteiger partial charge in [-0.1, -0.05) is 0 Å². The van der Waals surface area contributed by atoms with Gasteiger partial charge in [-0.3, -0.25) is 10.1 Å². The number of piperidine rings is 1. The molecule has 1 atom stereocenters. The van der Waals surface area contributed by atoms with Crippen molar-refractivity contribution in [3.8, 4) is 0 Å². The zero-order valence-corrected chi connectivity index (χ0v) is 12.9. The molecule has 0 aliphatic carbocycles. The predicted molar refractivity (Wildman–Crippen MR) is 83.2 cm³/mol. The average Bonchev–Trinajstić information content (AvgIpc) is 3.07. The van der Waals surface area contributed by atoms with Gasteiger partial charge in [0.05, 0.1) is 30.3 Å². The highest BCUT2D eigenvalue weighted by molar-refractivity contribution is 5.63. The van der Waals surface area contributed by atoms with Gasteiger partial charge in [-0.2, -0.15) is 0 Å². The SMILES string of the molecule is O=[N+]([O-])c1cc(F)ccc1N1CCC(OCC2CCOC2)CC1. The number of ether oxygens (including phenoxy) is 2. The van der Waals surface area contributed by atoms with E-state index >= 15 is 0 Å². The molecule has 23 heavy (non-hydrogen) atoms. The first-order valence-electron chi connectivity index (χ1n) is 8.01. The zero-order chi connectivity index (χ0) is 16.2. The Morgan fingerprint density at radius 2 is 2.13 bits per heavy atom. The fourth-order valence-corrected chi connectivity index (χ4v) is 3.16. The molecule has 1 aromatic rings. The van der Waals surface area contributed by atoms with Crippen LogP contribution >= 0.6 is 0 Å². The smallest absolute Gasteiger partial charge is 0.295 e. The minimum Gasteiger partial charge on any atom is -0.381 e. The van der Waals surface area contributed by atoms with E-state index in [2.05, 4.69) is 0 Å². The van der Waals surface area contributed by atoms with Crippen molar-refractivity contribution in [2.45, 2.75) is 25.4 Å². The molecule has 0 radical (unpaired) electrons. The van der Waals surface area contributed by atoms with Crippen LogP contribution in [0.3, 0.4) is 0 Å². The maximum atomic E-state index is 13.2. The van der Waals surface area contributed by atoms with Crippen molar-refractivity contribution >= 4 is 11.4 Å². The Morgan fingerprint density at radius 3 is 2.78 bits per heavy atom. The summed E-state index contributed by atoms with van der Waals surface area (Å²) in [6, 6.07) is 3.74. The molecule has 2 aliphatic heterocycles. The van der Waals surface area contributed by atoms with Crippen LogP contribution in [0, 0.1) is 21.8 Å². The monoisotopic (exact) mass is 324 g/mol. The van der Waals surface area contributed by atoms with Gasteiger partial charge in [0.25, 0.3) is 5.69 Å². The fourth-order valence-electron chi connectivity index (χ4n) is 3.16. The third kappa shape index (κ3) is 3.97. The second-order valence-corrected chi connectivity index (χ2v) is 6.14. The topological polar surface area (TPSA) is 64.8 Å². The third-order valence-corrected chi connectivity index (χ3v) is 4.51. The number of anilines is 1. The number of benzene rings is 1. The van der Waals surface area contributed by atoms with Crippen molar-refractivity contribution in [2.24, 2.45) is 5.92 Å². The normalized spacial score (nSPS) is 22.5. The Hall–Kier alpha value is -1.73. The van der Waals surface area contributed by atoms with E-state index < -0.39 is 10.7 Å². The summed E-state index contributed by atoms with van der Waals surface area (Å²) in [5.41, 5.74) is 0.312. The molecule has 0 saturated carbocycles. The number of nitrogens with zero attached hydrogens (tertiary/aromatic N) is 2. The molecule has 0 aromatic heterocycles. The van der Waals surface area contributed by atoms with E-state index in [1.807, 2.05) is 4.90 Å². The standard InChI is InChI=1S/C16H21FN2O4/c17-13-1-2-15(16(9-13)19(20)21)18-6-3-14(4-7-18)23-11-12-5-8-22-10-12/h1-2,9,12,14H,3-8,10-11H2. The molecule has 2 heterocycles. The van der Waals surface area contributed by atoms with Crippen molar-refractivity contribution in [1.82, 2.24) is 0 Å². The summed E-state index contributed by atoms with van der Waals surface area (Å²) >= 11 is 0. The van der Waals surface area contributed by atoms with Crippen LogP contribution in [0.4, 0.5) is 15.8 Å². The van der Waals surface area contributed by atoms with Crippen molar-refractivity contribution in [2.75, 3.05) is 37.8 Å². The number of nitro groups is 1. The Bertz CT molecular complexity index is 555. The van der Waals surface area contributed by atoms with Crippen LogP contribution in [-0.4, -0.2) is 43.9 Å². The van der Waals surface area contributed by atoms with Crippen LogP contribution in [0.25, 0.3) is 0 Å². The second-order valence-electron chi connectivity index (χ2n) is 6.14. The van der Waals surface area contributed by atoms with Gasteiger partial charge in [0.2, 0.25) is 0 Å². The fraction of sp³-hybridized carbons (Fsp3) is 0.625. The lowest BCUT2D eigenvalue weighted by Gasteiger charge is -2.33. The molecule has 0 amide bonds. The van der Waals surface area contributed by atoms with Gasteiger partial charge in [-0.15, -0.1) is 0 Å². The number of hydrogen-bond acceptors (Lipinski definition) is 5. The molecule has 0 spiro atoms. The van der Waals surface area contributed by atoms with Crippen LogP contribution in [0.1, 0.15) is 19.3 Å². The van der Waals surface area contributed by atoms with Gasteiger partial charge in [-0.25, -0.2) is 4.39 Å². The molecule has 1 unspecified atom stereocenters. The number of hydrogen-bond donors (Lipinski definition) is 0. The Morgan fingerprint density at radius 1 is 1.35 bits per heavy atom. The number of nitro benzene ring substituents is 1. The van der Waals surface area contributed by atoms with Crippen molar-refractivity contribution in [3.05, 3.63) is 34.1 Å². The van der Waals surface area contributed by atoms with Gasteiger partial charge in [-0.05, 0) is 31.4 Å². The summed E-state index contributed by atoms with van der Waals surface area (Å²) in [4.78, 5) is 12.5. The van der Waals surface area contributed by atoms with Crippen molar-refractivity contribution < 1.29 is 18.8 Å². The molecular formula is C16H21FN2O4. The maximum absolute atomic E-state index is 13.2. The van der Waals surface area contributed by atoms with Crippen LogP contribution in [0.15, 0.2) is 18.2 Å². The average molecular weight is 324 g/mol. The van der Waals surface area contributed by atoms with Gasteiger partial charge in [0.1, 0.15) is 11.5 Å². The summed E-state index contributed by atoms with van der Waals surface area (Å²) in [5.74, 6) is -0.0938. The first kappa shape index (κ1) is 16.1. The molecule has 1 aromatic carbocycles. The van der Waals surface area contributed by atoms with E-state index in [9.17, 15) is 14.5 Å². The van der Waals surface area contributed by atoms with E-state index in [4.69, 9.17) is 9.47 Å². The molecule has 2 saturated heterocycles. The third-order valence-electron chi connectivity index (χ3n) is 4.51. The molecule has 2 aliphatic rings. The van der Waals surface area contributed by atoms with Gasteiger partial charge in [0, 0.05) is 25.6 Å². The molecule has 0 bridgehead atoms. The van der Waals surface area contributed by atoms with E-state index in [1.54, 1.807) is 0 Å². The molecule has 3 rings (SSSR count). The van der Waals surface area contributed by atoms with Crippen LogP contribution in [0.5, 0.6) is 0 Å². The Balaban J connectivity index is 1.55. The molecule has 2 fully saturated rings. The van der Waals surface area contributed by atoms with E-state index in [1.165, 1.54) is 12.1 Å². The van der Waals surface area contributed by atoms with Crippen LogP contribution < -0.4 is 4.90 Å². The van der Waals surface area contributed by atoms with Crippen LogP contribution in [0.2, 0.25) is 0 Å². The lowest BCUT2D eigenvalue weighted by molar-refractivity contribution is -0.384. The highest BCUT2D eigenvalue weighted by Gasteiger charge is 2.26. The lowest BCUT2D eigenvalue weighted by atomic mass is 10.1. The number of rotatable bonds is 5. The molecule has 7 heteroatoms. The number of halogens is 1. The van der Waals surface area contributed by atoms with Gasteiger partial charge < -0.3 is 14.4 Å².